The number of non-ortho nitro benzene ring substituents is 1. The number of carbonyl (C=O) groups is 5. The van der Waals surface area contributed by atoms with Crippen LogP contribution in [0.5, 0.6) is 0 Å². The van der Waals surface area contributed by atoms with Gasteiger partial charge in [-0.1, -0.05) is 62.7 Å². The van der Waals surface area contributed by atoms with Gasteiger partial charge in [-0.05, 0) is 44.2 Å². The second-order valence-corrected chi connectivity index (χ2v) is 14.2. The highest BCUT2D eigenvalue weighted by Gasteiger charge is 2.43. The minimum atomic E-state index is -1.53. The molecule has 0 aliphatic carbocycles. The summed E-state index contributed by atoms with van der Waals surface area (Å²) in [5.41, 5.74) is 6.81. The van der Waals surface area contributed by atoms with E-state index in [0.29, 0.717) is 28.1 Å². The number of aliphatic hydroxyl groups is 1. The number of benzene rings is 2. The molecule has 1 aromatic heterocycles. The Balaban J connectivity index is 2.00. The summed E-state index contributed by atoms with van der Waals surface area (Å²) in [5.74, 6) is -4.30. The van der Waals surface area contributed by atoms with Gasteiger partial charge in [-0.25, -0.2) is 14.6 Å². The monoisotopic (exact) mass is 765 g/mol. The second kappa shape index (κ2) is 20.1. The summed E-state index contributed by atoms with van der Waals surface area (Å²) >= 11 is 0. The molecule has 0 aliphatic rings. The molecule has 17 nitrogen and oxygen atoms in total. The van der Waals surface area contributed by atoms with Crippen molar-refractivity contribution in [2.45, 2.75) is 103 Å². The standard InChI is InChI=1S/C38H51N7O10/c1-7-23(2)33(36(50)54-6)44(32(47)20-31(46)28(39)17-25-13-15-27(16-14-25)45(52)53)35(49)30(19-26-21-40-22-41-26)42-34(48)29(18-24-11-9-8-10-12-24)43-37(51)55-38(3,4)5/h8-16,21-23,28-31,33,46H,7,17-20,39H2,1-6H3,(H,40,41)(H,42,48)(H,43,51)/t23-,28-,29?,30-,31?,33-/m0/s1. The Kier molecular flexibility index (Phi) is 16.0. The van der Waals surface area contributed by atoms with E-state index in [0.717, 1.165) is 7.11 Å². The van der Waals surface area contributed by atoms with Crippen LogP contribution in [-0.2, 0) is 47.9 Å². The van der Waals surface area contributed by atoms with Crippen LogP contribution in [0, 0.1) is 16.0 Å². The van der Waals surface area contributed by atoms with Crippen molar-refractivity contribution in [3.8, 4) is 0 Å². The first-order valence-electron chi connectivity index (χ1n) is 17.9. The number of amides is 4. The molecule has 0 bridgehead atoms. The van der Waals surface area contributed by atoms with E-state index in [1.165, 1.54) is 36.8 Å². The van der Waals surface area contributed by atoms with Gasteiger partial charge in [0.05, 0.1) is 36.6 Å². The van der Waals surface area contributed by atoms with Crippen molar-refractivity contribution >= 4 is 35.5 Å². The lowest BCUT2D eigenvalue weighted by molar-refractivity contribution is -0.384. The normalized spacial score (nSPS) is 14.6. The van der Waals surface area contributed by atoms with Crippen LogP contribution in [0.3, 0.4) is 0 Å². The van der Waals surface area contributed by atoms with Crippen LogP contribution >= 0.6 is 0 Å². The van der Waals surface area contributed by atoms with Crippen molar-refractivity contribution in [1.82, 2.24) is 25.5 Å². The molecule has 0 saturated carbocycles. The van der Waals surface area contributed by atoms with E-state index >= 15 is 0 Å². The molecule has 2 aromatic carbocycles. The molecule has 0 spiro atoms. The average molecular weight is 766 g/mol. The summed E-state index contributed by atoms with van der Waals surface area (Å²) in [4.78, 5) is 87.4. The number of H-pyrrole nitrogens is 1. The Bertz CT molecular complexity index is 1750. The minimum absolute atomic E-state index is 0.00831. The van der Waals surface area contributed by atoms with Gasteiger partial charge in [0.25, 0.3) is 11.6 Å². The number of hydrogen-bond donors (Lipinski definition) is 5. The van der Waals surface area contributed by atoms with E-state index in [-0.39, 0.29) is 24.9 Å². The number of aliphatic hydroxyl groups excluding tert-OH is 1. The Hall–Kier alpha value is -5.68. The Morgan fingerprint density at radius 2 is 1.62 bits per heavy atom. The highest BCUT2D eigenvalue weighted by Crippen LogP contribution is 2.22. The second-order valence-electron chi connectivity index (χ2n) is 14.2. The van der Waals surface area contributed by atoms with Crippen LogP contribution < -0.4 is 16.4 Å². The van der Waals surface area contributed by atoms with Crippen molar-refractivity contribution in [3.63, 3.8) is 0 Å². The van der Waals surface area contributed by atoms with Gasteiger partial charge in [-0.3, -0.25) is 29.4 Å². The fourth-order valence-corrected chi connectivity index (χ4v) is 5.70. The Labute approximate surface area is 319 Å². The summed E-state index contributed by atoms with van der Waals surface area (Å²) in [5, 5.41) is 27.4. The maximum Gasteiger partial charge on any atom is 0.408 e. The van der Waals surface area contributed by atoms with Crippen LogP contribution in [0.2, 0.25) is 0 Å². The molecule has 2 unspecified atom stereocenters. The third kappa shape index (κ3) is 13.3. The largest absolute Gasteiger partial charge is 0.467 e. The zero-order valence-corrected chi connectivity index (χ0v) is 31.9. The number of methoxy groups -OCH3 is 1. The molecular weight excluding hydrogens is 714 g/mol. The number of esters is 1. The number of nitrogens with one attached hydrogen (secondary N) is 3. The molecule has 6 N–H and O–H groups in total. The number of aromatic nitrogens is 2. The summed E-state index contributed by atoms with van der Waals surface area (Å²) in [6.45, 7) is 8.39. The van der Waals surface area contributed by atoms with E-state index in [2.05, 4.69) is 20.6 Å². The molecule has 0 radical (unpaired) electrons. The lowest BCUT2D eigenvalue weighted by Gasteiger charge is -2.35. The summed E-state index contributed by atoms with van der Waals surface area (Å²) in [6, 6.07) is 9.07. The molecular formula is C38H51N7O10. The maximum atomic E-state index is 14.7. The van der Waals surface area contributed by atoms with Crippen molar-refractivity contribution in [2.24, 2.45) is 11.7 Å². The van der Waals surface area contributed by atoms with E-state index in [9.17, 15) is 39.2 Å². The number of carbonyl (C=O) groups excluding carboxylic acids is 5. The van der Waals surface area contributed by atoms with Gasteiger partial charge in [-0.15, -0.1) is 0 Å². The summed E-state index contributed by atoms with van der Waals surface area (Å²) < 4.78 is 10.4. The third-order valence-corrected chi connectivity index (χ3v) is 8.78. The lowest BCUT2D eigenvalue weighted by atomic mass is 9.94. The van der Waals surface area contributed by atoms with Crippen molar-refractivity contribution < 1.29 is 43.5 Å². The third-order valence-electron chi connectivity index (χ3n) is 8.78. The smallest absolute Gasteiger partial charge is 0.408 e. The number of aromatic amines is 1. The fourth-order valence-electron chi connectivity index (χ4n) is 5.70. The SMILES string of the molecule is CC[C@H](C)[C@@H](C(=O)OC)N(C(=O)CC(O)[C@@H](N)Cc1ccc([N+](=O)[O-])cc1)C(=O)[C@H](Cc1c[nH]cn1)NC(=O)C(Cc1ccccc1)NC(=O)OC(C)(C)C. The predicted molar refractivity (Wildman–Crippen MR) is 200 cm³/mol. The summed E-state index contributed by atoms with van der Waals surface area (Å²) in [7, 11) is 1.11. The van der Waals surface area contributed by atoms with Crippen molar-refractivity contribution in [3.05, 3.63) is 94.1 Å². The molecule has 0 saturated heterocycles. The van der Waals surface area contributed by atoms with E-state index in [1.807, 2.05) is 0 Å². The molecule has 4 amide bonds. The molecule has 3 aromatic rings. The van der Waals surface area contributed by atoms with Crippen molar-refractivity contribution in [2.75, 3.05) is 7.11 Å². The van der Waals surface area contributed by atoms with E-state index in [1.54, 1.807) is 65.0 Å². The number of ether oxygens (including phenoxy) is 2. The number of nitrogens with two attached hydrogens (primary N) is 1. The van der Waals surface area contributed by atoms with Crippen LogP contribution in [0.25, 0.3) is 0 Å². The van der Waals surface area contributed by atoms with Gasteiger partial charge in [0.2, 0.25) is 11.8 Å². The molecule has 17 heteroatoms. The predicted octanol–water partition coefficient (Wildman–Crippen LogP) is 2.75. The van der Waals surface area contributed by atoms with Gasteiger partial charge < -0.3 is 35.9 Å². The van der Waals surface area contributed by atoms with Gasteiger partial charge in [0.1, 0.15) is 23.7 Å². The molecule has 0 aliphatic heterocycles. The first-order chi connectivity index (χ1) is 25.9. The average Bonchev–Trinajstić information content (AvgIpc) is 3.65. The number of nitro benzene ring substituents is 1. The van der Waals surface area contributed by atoms with Gasteiger partial charge in [0.15, 0.2) is 0 Å². The first kappa shape index (κ1) is 43.7. The fraction of sp³-hybridized carbons (Fsp3) is 0.474. The minimum Gasteiger partial charge on any atom is -0.467 e. The van der Waals surface area contributed by atoms with Gasteiger partial charge >= 0.3 is 12.1 Å². The number of nitro groups is 1. The molecule has 6 atom stereocenters. The number of nitrogens with zero attached hydrogens (tertiary/aromatic N) is 3. The topological polar surface area (TPSA) is 249 Å². The number of hydrogen-bond acceptors (Lipinski definition) is 12. The van der Waals surface area contributed by atoms with Gasteiger partial charge in [0, 0.05) is 37.2 Å². The molecule has 3 rings (SSSR count). The number of imidazole rings is 1. The van der Waals surface area contributed by atoms with Gasteiger partial charge in [-0.2, -0.15) is 0 Å². The van der Waals surface area contributed by atoms with Crippen molar-refractivity contribution in [1.29, 1.82) is 0 Å². The Morgan fingerprint density at radius 1 is 0.982 bits per heavy atom. The first-order valence-corrected chi connectivity index (χ1v) is 17.9. The highest BCUT2D eigenvalue weighted by atomic mass is 16.6. The van der Waals surface area contributed by atoms with E-state index in [4.69, 9.17) is 15.2 Å². The number of rotatable bonds is 18. The quantitative estimate of drug-likeness (QED) is 0.0713. The molecule has 0 fully saturated rings. The molecule has 1 heterocycles. The molecule has 55 heavy (non-hydrogen) atoms. The van der Waals surface area contributed by atoms with Crippen LogP contribution in [0.15, 0.2) is 67.1 Å². The van der Waals surface area contributed by atoms with E-state index < -0.39 is 82.9 Å². The Morgan fingerprint density at radius 3 is 2.16 bits per heavy atom. The van der Waals surface area contributed by atoms with Crippen LogP contribution in [0.1, 0.15) is 64.3 Å². The van der Waals surface area contributed by atoms with Crippen LogP contribution in [0.4, 0.5) is 10.5 Å². The zero-order chi connectivity index (χ0) is 40.9. The lowest BCUT2D eigenvalue weighted by Crippen LogP contribution is -2.61. The zero-order valence-electron chi connectivity index (χ0n) is 31.9. The number of alkyl carbamates (subject to hydrolysis) is 1. The van der Waals surface area contributed by atoms with Crippen LogP contribution in [-0.4, -0.2) is 97.7 Å². The highest BCUT2D eigenvalue weighted by molar-refractivity contribution is 6.03. The number of imide groups is 1. The summed E-state index contributed by atoms with van der Waals surface area (Å²) in [6.07, 6.45) is -0.129. The molecule has 298 valence electrons. The maximum absolute atomic E-state index is 14.7.